The number of nitrogens with one attached hydrogen (secondary N) is 1. The second kappa shape index (κ2) is 7.10. The molecule has 0 aliphatic heterocycles. The lowest BCUT2D eigenvalue weighted by Gasteiger charge is -2.28. The van der Waals surface area contributed by atoms with Gasteiger partial charge in [-0.2, -0.15) is 0 Å². The van der Waals surface area contributed by atoms with Crippen LogP contribution in [0.4, 0.5) is 17.2 Å². The highest BCUT2D eigenvalue weighted by atomic mass is 15.3. The molecule has 31 heavy (non-hydrogen) atoms. The van der Waals surface area contributed by atoms with E-state index in [0.29, 0.717) is 11.7 Å². The van der Waals surface area contributed by atoms with Gasteiger partial charge < -0.3 is 16.8 Å². The van der Waals surface area contributed by atoms with E-state index in [1.165, 1.54) is 22.3 Å². The van der Waals surface area contributed by atoms with Gasteiger partial charge in [0.2, 0.25) is 0 Å². The molecule has 156 valence electrons. The summed E-state index contributed by atoms with van der Waals surface area (Å²) < 4.78 is 1.76. The summed E-state index contributed by atoms with van der Waals surface area (Å²) in [7, 11) is 0. The first-order valence-electron chi connectivity index (χ1n) is 11.0. The Labute approximate surface area is 181 Å². The van der Waals surface area contributed by atoms with Crippen LogP contribution in [0.15, 0.2) is 54.9 Å². The van der Waals surface area contributed by atoms with Crippen molar-refractivity contribution >= 4 is 22.8 Å². The van der Waals surface area contributed by atoms with Gasteiger partial charge >= 0.3 is 0 Å². The third-order valence-corrected chi connectivity index (χ3v) is 6.85. The number of nitrogen functional groups attached to an aromatic ring is 1. The molecule has 2 aromatic heterocycles. The van der Waals surface area contributed by atoms with Gasteiger partial charge in [0.15, 0.2) is 5.65 Å². The maximum Gasteiger partial charge on any atom is 0.177 e. The van der Waals surface area contributed by atoms with Gasteiger partial charge in [-0.3, -0.25) is 0 Å². The molecule has 0 bridgehead atoms. The first-order valence-corrected chi connectivity index (χ1v) is 11.0. The molecule has 4 aromatic rings. The number of benzene rings is 2. The van der Waals surface area contributed by atoms with Gasteiger partial charge in [-0.1, -0.05) is 30.3 Å². The highest BCUT2D eigenvalue weighted by Crippen LogP contribution is 2.42. The van der Waals surface area contributed by atoms with Crippen LogP contribution in [-0.2, 0) is 6.42 Å². The molecule has 0 atom stereocenters. The van der Waals surface area contributed by atoms with E-state index in [1.54, 1.807) is 10.7 Å². The number of hydrogen-bond donors (Lipinski definition) is 3. The summed E-state index contributed by atoms with van der Waals surface area (Å²) in [5.41, 5.74) is 21.9. The van der Waals surface area contributed by atoms with Crippen molar-refractivity contribution in [3.63, 3.8) is 0 Å². The molecular weight excluding hydrogens is 384 g/mol. The summed E-state index contributed by atoms with van der Waals surface area (Å²) in [4.78, 5) is 4.59. The number of nitrogens with two attached hydrogens (primary N) is 2. The molecule has 0 saturated heterocycles. The van der Waals surface area contributed by atoms with Gasteiger partial charge in [0, 0.05) is 29.7 Å². The smallest absolute Gasteiger partial charge is 0.177 e. The lowest BCUT2D eigenvalue weighted by atomic mass is 9.81. The minimum absolute atomic E-state index is 0.287. The summed E-state index contributed by atoms with van der Waals surface area (Å²) in [6, 6.07) is 15.6. The summed E-state index contributed by atoms with van der Waals surface area (Å²) in [6.45, 7) is 0. The molecule has 2 aliphatic rings. The van der Waals surface area contributed by atoms with Gasteiger partial charge in [-0.15, -0.1) is 5.10 Å². The molecule has 0 amide bonds. The van der Waals surface area contributed by atoms with Crippen LogP contribution in [-0.4, -0.2) is 20.6 Å². The SMILES string of the molecule is Nc1nn2ccnc2c(Nc2ccc3c(c2)Cc2ccccc2-3)c1[C@H]1CC[C@H](N)CC1. The van der Waals surface area contributed by atoms with E-state index in [1.807, 2.05) is 6.20 Å². The molecule has 6 rings (SSSR count). The van der Waals surface area contributed by atoms with Crippen LogP contribution in [0.25, 0.3) is 16.8 Å². The molecular formula is C25H26N6. The highest BCUT2D eigenvalue weighted by Gasteiger charge is 2.27. The molecule has 5 N–H and O–H groups in total. The molecule has 2 aliphatic carbocycles. The molecule has 0 spiro atoms. The van der Waals surface area contributed by atoms with Crippen molar-refractivity contribution < 1.29 is 0 Å². The average molecular weight is 411 g/mol. The normalized spacial score (nSPS) is 19.9. The first kappa shape index (κ1) is 18.4. The summed E-state index contributed by atoms with van der Waals surface area (Å²) in [5, 5.41) is 8.25. The highest BCUT2D eigenvalue weighted by molar-refractivity contribution is 5.83. The lowest BCUT2D eigenvalue weighted by Crippen LogP contribution is -2.26. The molecule has 6 heteroatoms. The van der Waals surface area contributed by atoms with E-state index in [-0.39, 0.29) is 6.04 Å². The van der Waals surface area contributed by atoms with Crippen LogP contribution in [0.2, 0.25) is 0 Å². The van der Waals surface area contributed by atoms with E-state index in [2.05, 4.69) is 57.9 Å². The Hall–Kier alpha value is -3.38. The molecule has 0 radical (unpaired) electrons. The number of fused-ring (bicyclic) bond motifs is 4. The number of aromatic nitrogens is 3. The summed E-state index contributed by atoms with van der Waals surface area (Å²) >= 11 is 0. The van der Waals surface area contributed by atoms with Crippen molar-refractivity contribution in [1.82, 2.24) is 14.6 Å². The van der Waals surface area contributed by atoms with Gasteiger partial charge in [0.1, 0.15) is 5.82 Å². The largest absolute Gasteiger partial charge is 0.382 e. The second-order valence-corrected chi connectivity index (χ2v) is 8.81. The Morgan fingerprint density at radius 3 is 2.65 bits per heavy atom. The molecule has 2 heterocycles. The number of hydrogen-bond acceptors (Lipinski definition) is 5. The number of nitrogens with zero attached hydrogens (tertiary/aromatic N) is 3. The van der Waals surface area contributed by atoms with Crippen molar-refractivity contribution in [2.45, 2.75) is 44.1 Å². The van der Waals surface area contributed by atoms with E-state index < -0.39 is 0 Å². The van der Waals surface area contributed by atoms with Crippen LogP contribution in [0.3, 0.4) is 0 Å². The zero-order chi connectivity index (χ0) is 20.9. The Morgan fingerprint density at radius 2 is 1.77 bits per heavy atom. The predicted molar refractivity (Wildman–Crippen MR) is 125 cm³/mol. The van der Waals surface area contributed by atoms with Gasteiger partial charge in [-0.05, 0) is 72.4 Å². The Morgan fingerprint density at radius 1 is 0.968 bits per heavy atom. The first-order chi connectivity index (χ1) is 15.2. The average Bonchev–Trinajstić information content (AvgIpc) is 3.38. The van der Waals surface area contributed by atoms with Gasteiger partial charge in [0.05, 0.1) is 5.69 Å². The molecule has 1 saturated carbocycles. The third kappa shape index (κ3) is 3.06. The van der Waals surface area contributed by atoms with E-state index in [9.17, 15) is 0 Å². The fraction of sp³-hybridized carbons (Fsp3) is 0.280. The number of rotatable bonds is 3. The van der Waals surface area contributed by atoms with Gasteiger partial charge in [0.25, 0.3) is 0 Å². The minimum Gasteiger partial charge on any atom is -0.382 e. The predicted octanol–water partition coefficient (Wildman–Crippen LogP) is 4.61. The van der Waals surface area contributed by atoms with Crippen LogP contribution in [0.5, 0.6) is 0 Å². The molecule has 6 nitrogen and oxygen atoms in total. The maximum atomic E-state index is 6.48. The fourth-order valence-corrected chi connectivity index (χ4v) is 5.29. The quantitative estimate of drug-likeness (QED) is 0.404. The van der Waals surface area contributed by atoms with Crippen LogP contribution in [0.1, 0.15) is 48.3 Å². The molecule has 1 fully saturated rings. The third-order valence-electron chi connectivity index (χ3n) is 6.85. The van der Waals surface area contributed by atoms with Crippen molar-refractivity contribution in [2.75, 3.05) is 11.1 Å². The standard InChI is InChI=1S/C25H26N6/c26-18-7-5-15(6-8-18)22-23(25-28-11-12-31(25)30-24(22)27)29-19-9-10-21-17(14-19)13-16-3-1-2-4-20(16)21/h1-4,9-12,14-15,18,29H,5-8,13,26H2,(H2,27,30)/t15-,18-. The Bertz CT molecular complexity index is 1280. The molecule has 0 unspecified atom stereocenters. The van der Waals surface area contributed by atoms with Crippen LogP contribution in [0, 0.1) is 0 Å². The number of imidazole rings is 1. The number of anilines is 3. The lowest BCUT2D eigenvalue weighted by molar-refractivity contribution is 0.396. The Balaban J connectivity index is 1.41. The summed E-state index contributed by atoms with van der Waals surface area (Å²) in [5.74, 6) is 0.914. The van der Waals surface area contributed by atoms with E-state index >= 15 is 0 Å². The maximum absolute atomic E-state index is 6.48. The van der Waals surface area contributed by atoms with Crippen molar-refractivity contribution in [3.05, 3.63) is 71.5 Å². The van der Waals surface area contributed by atoms with Gasteiger partial charge in [-0.25, -0.2) is 9.50 Å². The zero-order valence-electron chi connectivity index (χ0n) is 17.4. The van der Waals surface area contributed by atoms with Crippen molar-refractivity contribution in [3.8, 4) is 11.1 Å². The zero-order valence-corrected chi connectivity index (χ0v) is 17.4. The van der Waals surface area contributed by atoms with Crippen LogP contribution < -0.4 is 16.8 Å². The van der Waals surface area contributed by atoms with E-state index in [4.69, 9.17) is 11.5 Å². The van der Waals surface area contributed by atoms with Crippen molar-refractivity contribution in [2.24, 2.45) is 5.73 Å². The second-order valence-electron chi connectivity index (χ2n) is 8.81. The monoisotopic (exact) mass is 410 g/mol. The van der Waals surface area contributed by atoms with Crippen molar-refractivity contribution in [1.29, 1.82) is 0 Å². The van der Waals surface area contributed by atoms with E-state index in [0.717, 1.165) is 54.7 Å². The molecule has 2 aromatic carbocycles. The minimum atomic E-state index is 0.287. The summed E-state index contributed by atoms with van der Waals surface area (Å²) in [6.07, 6.45) is 8.66. The fourth-order valence-electron chi connectivity index (χ4n) is 5.29. The topological polar surface area (TPSA) is 94.3 Å². The Kier molecular flexibility index (Phi) is 4.21. The van der Waals surface area contributed by atoms with Crippen LogP contribution >= 0.6 is 0 Å².